The Morgan fingerprint density at radius 3 is 2.80 bits per heavy atom. The van der Waals surface area contributed by atoms with E-state index >= 15 is 0 Å². The lowest BCUT2D eigenvalue weighted by molar-refractivity contribution is -0.114. The summed E-state index contributed by atoms with van der Waals surface area (Å²) >= 11 is 1.28. The van der Waals surface area contributed by atoms with Gasteiger partial charge in [0, 0.05) is 17.0 Å². The maximum atomic E-state index is 14.5. The summed E-state index contributed by atoms with van der Waals surface area (Å²) in [6.45, 7) is -0.170. The smallest absolute Gasteiger partial charge is 0.244 e. The quantitative estimate of drug-likeness (QED) is 0.755. The average molecular weight is 450 g/mol. The van der Waals surface area contributed by atoms with E-state index < -0.39 is 15.7 Å². The van der Waals surface area contributed by atoms with Crippen LogP contribution in [0, 0.1) is 5.82 Å². The topological polar surface area (TPSA) is 88.1 Å². The van der Waals surface area contributed by atoms with Crippen molar-refractivity contribution in [2.45, 2.75) is 11.3 Å². The summed E-state index contributed by atoms with van der Waals surface area (Å²) in [5, 5.41) is 3.02. The summed E-state index contributed by atoms with van der Waals surface area (Å²) in [6.07, 6.45) is 0. The van der Waals surface area contributed by atoms with Crippen LogP contribution in [-0.2, 0) is 14.6 Å². The SMILES string of the molecule is COc1cccc(NC(=O)CN(C2=N[C@H]3CS(=O)(=O)C[C@H]3S2)c2ccccc2F)c1. The van der Waals surface area contributed by atoms with E-state index in [4.69, 9.17) is 4.74 Å². The number of aliphatic imine (C=N–C) groups is 1. The maximum Gasteiger partial charge on any atom is 0.244 e. The molecule has 2 aliphatic rings. The van der Waals surface area contributed by atoms with Crippen LogP contribution >= 0.6 is 11.8 Å². The van der Waals surface area contributed by atoms with Gasteiger partial charge in [0.05, 0.1) is 30.3 Å². The number of para-hydroxylation sites is 1. The molecule has 0 bridgehead atoms. The zero-order chi connectivity index (χ0) is 21.3. The van der Waals surface area contributed by atoms with Crippen LogP contribution in [-0.4, -0.2) is 55.9 Å². The fourth-order valence-corrected chi connectivity index (χ4v) is 7.22. The van der Waals surface area contributed by atoms with Crippen molar-refractivity contribution in [2.75, 3.05) is 35.4 Å². The predicted octanol–water partition coefficient (Wildman–Crippen LogP) is 2.55. The van der Waals surface area contributed by atoms with Crippen molar-refractivity contribution in [1.82, 2.24) is 0 Å². The first kappa shape index (κ1) is 20.7. The highest BCUT2D eigenvalue weighted by atomic mass is 32.2. The number of rotatable bonds is 5. The number of sulfone groups is 1. The molecule has 2 aromatic rings. The molecule has 2 aromatic carbocycles. The van der Waals surface area contributed by atoms with Gasteiger partial charge >= 0.3 is 0 Å². The molecule has 0 saturated carbocycles. The molecule has 0 unspecified atom stereocenters. The minimum Gasteiger partial charge on any atom is -0.497 e. The summed E-state index contributed by atoms with van der Waals surface area (Å²) < 4.78 is 43.4. The molecule has 2 atom stereocenters. The van der Waals surface area contributed by atoms with Crippen LogP contribution in [0.3, 0.4) is 0 Å². The number of ether oxygens (including phenoxy) is 1. The summed E-state index contributed by atoms with van der Waals surface area (Å²) in [6, 6.07) is 12.7. The van der Waals surface area contributed by atoms with Crippen LogP contribution in [0.25, 0.3) is 0 Å². The third-order valence-electron chi connectivity index (χ3n) is 4.83. The second kappa shape index (κ2) is 8.27. The number of carbonyl (C=O) groups excluding carboxylic acids is 1. The number of hydrogen-bond donors (Lipinski definition) is 1. The number of hydrogen-bond acceptors (Lipinski definition) is 7. The van der Waals surface area contributed by atoms with Gasteiger partial charge < -0.3 is 15.0 Å². The average Bonchev–Trinajstić information content (AvgIpc) is 3.20. The van der Waals surface area contributed by atoms with E-state index in [0.29, 0.717) is 16.6 Å². The number of nitrogens with one attached hydrogen (secondary N) is 1. The van der Waals surface area contributed by atoms with Crippen LogP contribution in [0.5, 0.6) is 5.75 Å². The largest absolute Gasteiger partial charge is 0.497 e. The molecule has 158 valence electrons. The number of benzene rings is 2. The van der Waals surface area contributed by atoms with E-state index in [1.54, 1.807) is 42.5 Å². The summed E-state index contributed by atoms with van der Waals surface area (Å²) in [7, 11) is -1.57. The molecule has 1 fully saturated rings. The molecule has 4 rings (SSSR count). The Morgan fingerprint density at radius 2 is 2.07 bits per heavy atom. The van der Waals surface area contributed by atoms with Crippen molar-refractivity contribution in [3.05, 3.63) is 54.3 Å². The number of thioether (sulfide) groups is 1. The van der Waals surface area contributed by atoms with Crippen LogP contribution in [0.4, 0.5) is 15.8 Å². The number of amides is 1. The first-order valence-corrected chi connectivity index (χ1v) is 12.0. The Kier molecular flexibility index (Phi) is 5.70. The van der Waals surface area contributed by atoms with Gasteiger partial charge in [0.25, 0.3) is 0 Å². The molecule has 2 heterocycles. The van der Waals surface area contributed by atoms with Gasteiger partial charge in [0.15, 0.2) is 15.0 Å². The lowest BCUT2D eigenvalue weighted by Crippen LogP contribution is -2.37. The molecule has 10 heteroatoms. The number of anilines is 2. The van der Waals surface area contributed by atoms with Crippen molar-refractivity contribution in [2.24, 2.45) is 4.99 Å². The molecular formula is C20H20FN3O4S2. The van der Waals surface area contributed by atoms with Gasteiger partial charge in [-0.05, 0) is 24.3 Å². The molecule has 0 spiro atoms. The van der Waals surface area contributed by atoms with E-state index in [0.717, 1.165) is 0 Å². The van der Waals surface area contributed by atoms with Gasteiger partial charge in [-0.15, -0.1) is 0 Å². The Balaban J connectivity index is 1.57. The van der Waals surface area contributed by atoms with Crippen molar-refractivity contribution >= 4 is 44.0 Å². The Labute approximate surface area is 178 Å². The number of halogens is 1. The minimum atomic E-state index is -3.11. The number of amidine groups is 1. The van der Waals surface area contributed by atoms with Crippen LogP contribution in [0.1, 0.15) is 0 Å². The second-order valence-corrected chi connectivity index (χ2v) is 10.4. The number of carbonyl (C=O) groups is 1. The zero-order valence-corrected chi connectivity index (χ0v) is 17.7. The third-order valence-corrected chi connectivity index (χ3v) is 8.08. The molecule has 2 aliphatic heterocycles. The van der Waals surface area contributed by atoms with Crippen LogP contribution < -0.4 is 15.0 Å². The van der Waals surface area contributed by atoms with Crippen molar-refractivity contribution in [3.8, 4) is 5.75 Å². The van der Waals surface area contributed by atoms with E-state index in [2.05, 4.69) is 10.3 Å². The van der Waals surface area contributed by atoms with Crippen molar-refractivity contribution in [3.63, 3.8) is 0 Å². The van der Waals surface area contributed by atoms with Crippen LogP contribution in [0.15, 0.2) is 53.5 Å². The monoisotopic (exact) mass is 449 g/mol. The van der Waals surface area contributed by atoms with E-state index in [-0.39, 0.29) is 40.9 Å². The summed E-state index contributed by atoms with van der Waals surface area (Å²) in [5.41, 5.74) is 0.768. The lowest BCUT2D eigenvalue weighted by Gasteiger charge is -2.24. The summed E-state index contributed by atoms with van der Waals surface area (Å²) in [4.78, 5) is 18.7. The molecule has 0 radical (unpaired) electrons. The third kappa shape index (κ3) is 4.44. The van der Waals surface area contributed by atoms with Crippen molar-refractivity contribution in [1.29, 1.82) is 0 Å². The van der Waals surface area contributed by atoms with Gasteiger partial charge in [0.2, 0.25) is 5.91 Å². The minimum absolute atomic E-state index is 0.0186. The molecule has 1 N–H and O–H groups in total. The van der Waals surface area contributed by atoms with Gasteiger partial charge in [-0.3, -0.25) is 9.79 Å². The highest BCUT2D eigenvalue weighted by molar-refractivity contribution is 8.15. The number of nitrogens with zero attached hydrogens (tertiary/aromatic N) is 2. The molecule has 1 amide bonds. The molecule has 1 saturated heterocycles. The van der Waals surface area contributed by atoms with E-state index in [1.165, 1.54) is 29.8 Å². The van der Waals surface area contributed by atoms with Gasteiger partial charge in [-0.25, -0.2) is 12.8 Å². The standard InChI is InChI=1S/C20H20FN3O4S2/c1-28-14-6-4-5-13(9-14)22-19(25)10-24(17-8-3-2-7-15(17)21)20-23-16-11-30(26,27)12-18(16)29-20/h2-9,16,18H,10-12H2,1H3,(H,22,25)/t16-,18+/m0/s1. The molecule has 0 aliphatic carbocycles. The molecular weight excluding hydrogens is 429 g/mol. The zero-order valence-electron chi connectivity index (χ0n) is 16.1. The van der Waals surface area contributed by atoms with Gasteiger partial charge in [-0.2, -0.15) is 0 Å². The fraction of sp³-hybridized carbons (Fsp3) is 0.300. The first-order valence-electron chi connectivity index (χ1n) is 9.25. The number of fused-ring (bicyclic) bond motifs is 1. The Hall–Kier alpha value is -2.59. The number of methoxy groups -OCH3 is 1. The van der Waals surface area contributed by atoms with E-state index in [1.807, 2.05) is 0 Å². The molecule has 30 heavy (non-hydrogen) atoms. The highest BCUT2D eigenvalue weighted by Gasteiger charge is 2.44. The highest BCUT2D eigenvalue weighted by Crippen LogP contribution is 2.37. The van der Waals surface area contributed by atoms with Gasteiger partial charge in [-0.1, -0.05) is 30.0 Å². The fourth-order valence-electron chi connectivity index (χ4n) is 3.44. The maximum absolute atomic E-state index is 14.5. The molecule has 7 nitrogen and oxygen atoms in total. The Morgan fingerprint density at radius 1 is 1.27 bits per heavy atom. The predicted molar refractivity (Wildman–Crippen MR) is 117 cm³/mol. The molecule has 0 aromatic heterocycles. The lowest BCUT2D eigenvalue weighted by atomic mass is 10.2. The van der Waals surface area contributed by atoms with Crippen LogP contribution in [0.2, 0.25) is 0 Å². The van der Waals surface area contributed by atoms with Crippen molar-refractivity contribution < 1.29 is 22.3 Å². The van der Waals surface area contributed by atoms with E-state index in [9.17, 15) is 17.6 Å². The first-order chi connectivity index (χ1) is 14.3. The van der Waals surface area contributed by atoms with Gasteiger partial charge in [0.1, 0.15) is 18.1 Å². The summed E-state index contributed by atoms with van der Waals surface area (Å²) in [5.74, 6) is -0.228. The Bertz CT molecular complexity index is 1110. The second-order valence-electron chi connectivity index (χ2n) is 7.03. The normalized spacial score (nSPS) is 21.6.